The molecule has 0 aromatic heterocycles. The molecule has 16 nitrogen and oxygen atoms in total. The Kier molecular flexibility index (Phi) is 85.8. The topological polar surface area (TPSA) is 231 Å². The minimum Gasteiger partial charge on any atom is -0.463 e. The lowest BCUT2D eigenvalue weighted by Crippen LogP contribution is -2.30. The lowest BCUT2D eigenvalue weighted by atomic mass is 10.0. The largest absolute Gasteiger partial charge is 0.472 e. The standard InChI is InChI=1S/C99H166O16P2/c1-4-7-10-13-16-19-22-25-28-31-34-37-40-43-46-49-52-55-58-61-64-67-70-73-76-79-82-85-97(102)109-88-94(100)89-111-116(105,106)112-90-95(101)91-113-117(107,108)114-93-96(115-99(104)87-84-81-78-75-72-69-66-63-60-57-54-51-48-45-42-39-36-33-30-27-24-21-18-15-12-9-6-3)92-110-98(103)86-83-80-77-74-71-68-65-62-59-56-53-50-47-44-41-38-35-32-29-26-23-20-17-14-11-8-5-2/h7-8,10-11,16-21,25-30,34-39,43-48,52,55,94-96,100-101H,4-6,9,12-15,22-24,31-33,40-42,49-51,53-54,56-93H2,1-3H3,(H,105,106)(H,107,108)/b10-7-,11-8-,19-16-,20-17-,21-18-,28-25-,29-26-,30-27-,37-34-,38-35-,39-36-,46-43-,47-44-,48-45-,55-52-. The number of allylic oxidation sites excluding steroid dienone is 30. The van der Waals surface area contributed by atoms with Crippen LogP contribution in [0.4, 0.5) is 0 Å². The average Bonchev–Trinajstić information content (AvgIpc) is 0.900. The zero-order chi connectivity index (χ0) is 85.1. The van der Waals surface area contributed by atoms with Gasteiger partial charge >= 0.3 is 33.6 Å². The molecular formula is C99H166O16P2. The molecule has 0 aromatic carbocycles. The Morgan fingerprint density at radius 1 is 0.248 bits per heavy atom. The van der Waals surface area contributed by atoms with Crippen molar-refractivity contribution in [3.05, 3.63) is 182 Å². The van der Waals surface area contributed by atoms with E-state index in [1.807, 2.05) is 0 Å². The summed E-state index contributed by atoms with van der Waals surface area (Å²) in [5.74, 6) is -1.59. The minimum absolute atomic E-state index is 0.0948. The second kappa shape index (κ2) is 89.9. The first-order valence-corrected chi connectivity index (χ1v) is 49.1. The van der Waals surface area contributed by atoms with Gasteiger partial charge in [-0.3, -0.25) is 32.5 Å². The van der Waals surface area contributed by atoms with Gasteiger partial charge in [-0.15, -0.1) is 0 Å². The number of unbranched alkanes of at least 4 members (excludes halogenated alkanes) is 33. The van der Waals surface area contributed by atoms with Gasteiger partial charge in [-0.2, -0.15) is 0 Å². The van der Waals surface area contributed by atoms with Crippen molar-refractivity contribution >= 4 is 33.6 Å². The van der Waals surface area contributed by atoms with E-state index in [9.17, 15) is 43.5 Å². The van der Waals surface area contributed by atoms with Crippen molar-refractivity contribution < 1.29 is 75.8 Å². The van der Waals surface area contributed by atoms with E-state index in [0.29, 0.717) is 19.3 Å². The molecule has 0 spiro atoms. The number of esters is 3. The van der Waals surface area contributed by atoms with Crippen LogP contribution in [-0.4, -0.2) is 95.9 Å². The highest BCUT2D eigenvalue weighted by Gasteiger charge is 2.29. The molecule has 0 aliphatic carbocycles. The molecule has 0 heterocycles. The molecule has 0 aliphatic heterocycles. The van der Waals surface area contributed by atoms with Crippen LogP contribution < -0.4 is 0 Å². The fraction of sp³-hybridized carbons (Fsp3) is 0.667. The Morgan fingerprint density at radius 2 is 0.453 bits per heavy atom. The van der Waals surface area contributed by atoms with E-state index in [1.54, 1.807) is 0 Å². The molecule has 0 saturated carbocycles. The van der Waals surface area contributed by atoms with Crippen LogP contribution in [0.5, 0.6) is 0 Å². The number of ether oxygens (including phenoxy) is 3. The molecule has 668 valence electrons. The van der Waals surface area contributed by atoms with Crippen LogP contribution in [0.2, 0.25) is 0 Å². The van der Waals surface area contributed by atoms with E-state index >= 15 is 0 Å². The van der Waals surface area contributed by atoms with Crippen molar-refractivity contribution in [2.45, 2.75) is 386 Å². The maximum absolute atomic E-state index is 13.1. The summed E-state index contributed by atoms with van der Waals surface area (Å²) in [6.07, 6.45) is 118. The van der Waals surface area contributed by atoms with E-state index in [0.717, 1.165) is 186 Å². The highest BCUT2D eigenvalue weighted by molar-refractivity contribution is 7.47. The summed E-state index contributed by atoms with van der Waals surface area (Å²) >= 11 is 0. The molecule has 4 N–H and O–H groups in total. The molecule has 117 heavy (non-hydrogen) atoms. The monoisotopic (exact) mass is 1670 g/mol. The molecule has 0 rings (SSSR count). The number of hydrogen-bond acceptors (Lipinski definition) is 14. The Hall–Kier alpha value is -5.35. The summed E-state index contributed by atoms with van der Waals surface area (Å²) in [6.45, 7) is 2.45. The van der Waals surface area contributed by atoms with Crippen LogP contribution >= 0.6 is 15.6 Å². The molecular weight excluding hydrogens is 1510 g/mol. The van der Waals surface area contributed by atoms with Crippen LogP contribution in [0.15, 0.2) is 182 Å². The van der Waals surface area contributed by atoms with Crippen LogP contribution in [-0.2, 0) is 55.8 Å². The number of hydrogen-bond donors (Lipinski definition) is 4. The summed E-state index contributed by atoms with van der Waals surface area (Å²) in [5, 5.41) is 20.7. The summed E-state index contributed by atoms with van der Waals surface area (Å²) in [7, 11) is -9.82. The Bertz CT molecular complexity index is 2860. The summed E-state index contributed by atoms with van der Waals surface area (Å²) in [6, 6.07) is 0. The van der Waals surface area contributed by atoms with Crippen molar-refractivity contribution in [2.75, 3.05) is 39.6 Å². The molecule has 0 fully saturated rings. The normalized spacial score (nSPS) is 14.6. The second-order valence-electron chi connectivity index (χ2n) is 30.3. The van der Waals surface area contributed by atoms with Crippen molar-refractivity contribution in [1.82, 2.24) is 0 Å². The zero-order valence-corrected chi connectivity index (χ0v) is 75.4. The highest BCUT2D eigenvalue weighted by atomic mass is 31.2. The molecule has 5 unspecified atom stereocenters. The Labute approximate surface area is 713 Å². The number of aliphatic hydroxyl groups is 2. The SMILES string of the molecule is CC/C=C\C/C=C\C/C=C\C/C=C\C/C=C\C/C=C\CCCCCCCCCCC(=O)OCC(O)COP(=O)(O)OCC(O)COP(=O)(O)OCC(COC(=O)CCCCCCCCCCCCC/C=C\C/C=C\C/C=C\C/C=C\C/C=C\CC)OC(=O)CCCCCCCCCCCCC/C=C\C/C=C\C/C=C\C/C=C\CCCCC. The lowest BCUT2D eigenvalue weighted by molar-refractivity contribution is -0.161. The van der Waals surface area contributed by atoms with E-state index in [4.69, 9.17) is 32.3 Å². The number of rotatable bonds is 86. The van der Waals surface area contributed by atoms with Crippen LogP contribution in [0, 0.1) is 0 Å². The first kappa shape index (κ1) is 112. The molecule has 0 saturated heterocycles. The fourth-order valence-corrected chi connectivity index (χ4v) is 13.8. The van der Waals surface area contributed by atoms with Gasteiger partial charge in [-0.1, -0.05) is 370 Å². The van der Waals surface area contributed by atoms with Gasteiger partial charge in [0.15, 0.2) is 6.10 Å². The third-order valence-electron chi connectivity index (χ3n) is 19.1. The number of carbonyl (C=O) groups excluding carboxylic acids is 3. The molecule has 0 radical (unpaired) electrons. The van der Waals surface area contributed by atoms with Crippen molar-refractivity contribution in [1.29, 1.82) is 0 Å². The van der Waals surface area contributed by atoms with E-state index in [1.165, 1.54) is 122 Å². The highest BCUT2D eigenvalue weighted by Crippen LogP contribution is 2.45. The van der Waals surface area contributed by atoms with Gasteiger partial charge in [0.05, 0.1) is 26.4 Å². The average molecular weight is 1670 g/mol. The van der Waals surface area contributed by atoms with Gasteiger partial charge in [-0.25, -0.2) is 9.13 Å². The summed E-state index contributed by atoms with van der Waals surface area (Å²) in [5.41, 5.74) is 0. The summed E-state index contributed by atoms with van der Waals surface area (Å²) < 4.78 is 61.5. The third kappa shape index (κ3) is 91.2. The first-order chi connectivity index (χ1) is 57.2. The van der Waals surface area contributed by atoms with Gasteiger partial charge < -0.3 is 34.2 Å². The van der Waals surface area contributed by atoms with E-state index < -0.39 is 91.5 Å². The van der Waals surface area contributed by atoms with Gasteiger partial charge in [0, 0.05) is 19.3 Å². The molecule has 18 heteroatoms. The maximum atomic E-state index is 13.1. The first-order valence-electron chi connectivity index (χ1n) is 46.1. The van der Waals surface area contributed by atoms with Crippen molar-refractivity contribution in [2.24, 2.45) is 0 Å². The zero-order valence-electron chi connectivity index (χ0n) is 73.6. The van der Waals surface area contributed by atoms with Crippen molar-refractivity contribution in [3.8, 4) is 0 Å². The summed E-state index contributed by atoms with van der Waals surface area (Å²) in [4.78, 5) is 59.1. The Balaban J connectivity index is 4.71. The number of phosphoric acid groups is 2. The van der Waals surface area contributed by atoms with E-state index in [2.05, 4.69) is 203 Å². The predicted molar refractivity (Wildman–Crippen MR) is 491 cm³/mol. The maximum Gasteiger partial charge on any atom is 0.472 e. The van der Waals surface area contributed by atoms with Crippen molar-refractivity contribution in [3.63, 3.8) is 0 Å². The number of carbonyl (C=O) groups is 3. The van der Waals surface area contributed by atoms with Gasteiger partial charge in [0.2, 0.25) is 0 Å². The van der Waals surface area contributed by atoms with Gasteiger partial charge in [-0.05, 0) is 161 Å². The molecule has 5 atom stereocenters. The quantitative estimate of drug-likeness (QED) is 0.0146. The molecule has 0 aliphatic rings. The Morgan fingerprint density at radius 3 is 0.718 bits per heavy atom. The fourth-order valence-electron chi connectivity index (χ4n) is 12.2. The molecule has 0 bridgehead atoms. The predicted octanol–water partition coefficient (Wildman–Crippen LogP) is 28.4. The smallest absolute Gasteiger partial charge is 0.463 e. The number of aliphatic hydroxyl groups excluding tert-OH is 2. The minimum atomic E-state index is -4.95. The van der Waals surface area contributed by atoms with Gasteiger partial charge in [0.1, 0.15) is 25.4 Å². The number of phosphoric ester groups is 2. The molecule has 0 amide bonds. The van der Waals surface area contributed by atoms with Gasteiger partial charge in [0.25, 0.3) is 0 Å². The molecule has 0 aromatic rings. The van der Waals surface area contributed by atoms with Crippen LogP contribution in [0.3, 0.4) is 0 Å². The third-order valence-corrected chi connectivity index (χ3v) is 21.0. The van der Waals surface area contributed by atoms with E-state index in [-0.39, 0.29) is 19.3 Å². The van der Waals surface area contributed by atoms with Crippen LogP contribution in [0.1, 0.15) is 367 Å². The lowest BCUT2D eigenvalue weighted by Gasteiger charge is -2.21. The van der Waals surface area contributed by atoms with Crippen LogP contribution in [0.25, 0.3) is 0 Å². The second-order valence-corrected chi connectivity index (χ2v) is 33.2.